The molecule has 2 aromatic rings. The fraction of sp³-hybridized carbons (Fsp3) is 0.389. The van der Waals surface area contributed by atoms with Gasteiger partial charge in [-0.3, -0.25) is 9.78 Å². The number of thioether (sulfide) groups is 1. The highest BCUT2D eigenvalue weighted by molar-refractivity contribution is 8.00. The molecule has 0 unspecified atom stereocenters. The van der Waals surface area contributed by atoms with Crippen LogP contribution in [0.5, 0.6) is 0 Å². The Hall–Kier alpha value is -1.88. The highest BCUT2D eigenvalue weighted by Gasteiger charge is 2.16. The number of aromatic nitrogens is 1. The lowest BCUT2D eigenvalue weighted by Crippen LogP contribution is -2.25. The van der Waals surface area contributed by atoms with Crippen LogP contribution in [0.25, 0.3) is 10.9 Å². The molecule has 1 heterocycles. The SMILES string of the molecule is C[C@@H]1CCCC/C1=N/NC(=O)CSc1cccc2cccnc12. The fourth-order valence-electron chi connectivity index (χ4n) is 2.84. The van der Waals surface area contributed by atoms with E-state index in [0.717, 1.165) is 27.9 Å². The van der Waals surface area contributed by atoms with Gasteiger partial charge in [-0.1, -0.05) is 31.5 Å². The molecule has 1 aliphatic rings. The summed E-state index contributed by atoms with van der Waals surface area (Å²) in [4.78, 5) is 17.5. The second-order valence-corrected chi connectivity index (χ2v) is 6.92. The summed E-state index contributed by atoms with van der Waals surface area (Å²) < 4.78 is 0. The summed E-state index contributed by atoms with van der Waals surface area (Å²) in [5.74, 6) is 0.771. The Labute approximate surface area is 140 Å². The van der Waals surface area contributed by atoms with Crippen LogP contribution < -0.4 is 5.43 Å². The van der Waals surface area contributed by atoms with E-state index < -0.39 is 0 Å². The third-order valence-corrected chi connectivity index (χ3v) is 5.21. The number of pyridine rings is 1. The normalized spacial score (nSPS) is 19.9. The smallest absolute Gasteiger partial charge is 0.250 e. The van der Waals surface area contributed by atoms with Crippen molar-refractivity contribution in [3.8, 4) is 0 Å². The van der Waals surface area contributed by atoms with Crippen molar-refractivity contribution in [2.75, 3.05) is 5.75 Å². The van der Waals surface area contributed by atoms with Crippen molar-refractivity contribution in [2.24, 2.45) is 11.0 Å². The van der Waals surface area contributed by atoms with Crippen LogP contribution in [0.4, 0.5) is 0 Å². The van der Waals surface area contributed by atoms with Gasteiger partial charge in [0.2, 0.25) is 5.91 Å². The van der Waals surface area contributed by atoms with Gasteiger partial charge >= 0.3 is 0 Å². The summed E-state index contributed by atoms with van der Waals surface area (Å²) in [6, 6.07) is 9.98. The van der Waals surface area contributed by atoms with Crippen LogP contribution in [0.3, 0.4) is 0 Å². The maximum absolute atomic E-state index is 12.0. The molecule has 5 heteroatoms. The Morgan fingerprint density at radius 1 is 1.35 bits per heavy atom. The van der Waals surface area contributed by atoms with Gasteiger partial charge in [-0.15, -0.1) is 11.8 Å². The lowest BCUT2D eigenvalue weighted by atomic mass is 9.89. The van der Waals surface area contributed by atoms with Crippen molar-refractivity contribution >= 4 is 34.3 Å². The molecular weight excluding hydrogens is 306 g/mol. The van der Waals surface area contributed by atoms with E-state index in [-0.39, 0.29) is 5.91 Å². The van der Waals surface area contributed by atoms with E-state index in [1.165, 1.54) is 31.0 Å². The van der Waals surface area contributed by atoms with Gasteiger partial charge in [0.15, 0.2) is 0 Å². The minimum Gasteiger partial charge on any atom is -0.272 e. The summed E-state index contributed by atoms with van der Waals surface area (Å²) in [7, 11) is 0. The number of para-hydroxylation sites is 1. The van der Waals surface area contributed by atoms with E-state index in [0.29, 0.717) is 11.7 Å². The van der Waals surface area contributed by atoms with E-state index in [2.05, 4.69) is 22.4 Å². The largest absolute Gasteiger partial charge is 0.272 e. The lowest BCUT2D eigenvalue weighted by molar-refractivity contribution is -0.118. The number of nitrogens with one attached hydrogen (secondary N) is 1. The second kappa shape index (κ2) is 7.59. The molecule has 120 valence electrons. The molecule has 1 fully saturated rings. The maximum Gasteiger partial charge on any atom is 0.250 e. The van der Waals surface area contributed by atoms with Crippen molar-refractivity contribution in [2.45, 2.75) is 37.5 Å². The number of rotatable bonds is 4. The van der Waals surface area contributed by atoms with Gasteiger partial charge < -0.3 is 0 Å². The molecule has 23 heavy (non-hydrogen) atoms. The van der Waals surface area contributed by atoms with Crippen LogP contribution in [0.1, 0.15) is 32.6 Å². The monoisotopic (exact) mass is 327 g/mol. The first kappa shape index (κ1) is 16.0. The Bertz CT molecular complexity index is 724. The number of benzene rings is 1. The molecule has 0 aliphatic heterocycles. The number of carbonyl (C=O) groups is 1. The van der Waals surface area contributed by atoms with E-state index >= 15 is 0 Å². The highest BCUT2D eigenvalue weighted by atomic mass is 32.2. The molecule has 0 bridgehead atoms. The van der Waals surface area contributed by atoms with Crippen molar-refractivity contribution in [3.63, 3.8) is 0 Å². The Balaban J connectivity index is 1.59. The van der Waals surface area contributed by atoms with Gasteiger partial charge in [-0.05, 0) is 37.3 Å². The summed E-state index contributed by atoms with van der Waals surface area (Å²) >= 11 is 1.50. The third-order valence-electron chi connectivity index (χ3n) is 4.17. The minimum absolute atomic E-state index is 0.0618. The van der Waals surface area contributed by atoms with Gasteiger partial charge in [0.05, 0.1) is 11.3 Å². The number of hydrogen-bond donors (Lipinski definition) is 1. The number of hydrazone groups is 1. The fourth-order valence-corrected chi connectivity index (χ4v) is 3.67. The first-order valence-corrected chi connectivity index (χ1v) is 9.04. The zero-order chi connectivity index (χ0) is 16.1. The Kier molecular flexibility index (Phi) is 5.28. The Morgan fingerprint density at radius 2 is 2.22 bits per heavy atom. The molecule has 1 atom stereocenters. The molecule has 1 aromatic heterocycles. The highest BCUT2D eigenvalue weighted by Crippen LogP contribution is 2.26. The van der Waals surface area contributed by atoms with Crippen LogP contribution in [0.15, 0.2) is 46.5 Å². The lowest BCUT2D eigenvalue weighted by Gasteiger charge is -2.19. The number of fused-ring (bicyclic) bond motifs is 1. The second-order valence-electron chi connectivity index (χ2n) is 5.90. The Morgan fingerprint density at radius 3 is 3.09 bits per heavy atom. The third kappa shape index (κ3) is 4.10. The van der Waals surface area contributed by atoms with Gasteiger partial charge in [-0.25, -0.2) is 5.43 Å². The summed E-state index contributed by atoms with van der Waals surface area (Å²) in [6.07, 6.45) is 6.39. The van der Waals surface area contributed by atoms with Gasteiger partial charge in [0, 0.05) is 22.2 Å². The van der Waals surface area contributed by atoms with Crippen LogP contribution in [-0.4, -0.2) is 22.4 Å². The van der Waals surface area contributed by atoms with Crippen molar-refractivity contribution < 1.29 is 4.79 Å². The molecule has 1 saturated carbocycles. The summed E-state index contributed by atoms with van der Waals surface area (Å²) in [5.41, 5.74) is 4.78. The van der Waals surface area contributed by atoms with Crippen molar-refractivity contribution in [1.82, 2.24) is 10.4 Å². The zero-order valence-electron chi connectivity index (χ0n) is 13.3. The van der Waals surface area contributed by atoms with Crippen molar-refractivity contribution in [1.29, 1.82) is 0 Å². The zero-order valence-corrected chi connectivity index (χ0v) is 14.1. The molecule has 4 nitrogen and oxygen atoms in total. The van der Waals surface area contributed by atoms with Crippen LogP contribution in [0, 0.1) is 5.92 Å². The molecular formula is C18H21N3OS. The van der Waals surface area contributed by atoms with E-state index in [4.69, 9.17) is 0 Å². The molecule has 1 aliphatic carbocycles. The molecule has 0 radical (unpaired) electrons. The molecule has 3 rings (SSSR count). The predicted molar refractivity (Wildman–Crippen MR) is 95.7 cm³/mol. The predicted octanol–water partition coefficient (Wildman–Crippen LogP) is 4.01. The maximum atomic E-state index is 12.0. The molecule has 0 spiro atoms. The van der Waals surface area contributed by atoms with Gasteiger partial charge in [0.1, 0.15) is 0 Å². The van der Waals surface area contributed by atoms with Crippen molar-refractivity contribution in [3.05, 3.63) is 36.5 Å². The number of amides is 1. The quantitative estimate of drug-likeness (QED) is 0.682. The minimum atomic E-state index is -0.0618. The number of hydrogen-bond acceptors (Lipinski definition) is 4. The van der Waals surface area contributed by atoms with E-state index in [1.807, 2.05) is 30.3 Å². The number of nitrogens with zero attached hydrogens (tertiary/aromatic N) is 2. The average molecular weight is 327 g/mol. The molecule has 1 amide bonds. The summed E-state index contributed by atoms with van der Waals surface area (Å²) in [5, 5.41) is 5.42. The average Bonchev–Trinajstić information content (AvgIpc) is 2.59. The molecule has 1 aromatic carbocycles. The molecule has 1 N–H and O–H groups in total. The van der Waals surface area contributed by atoms with Gasteiger partial charge in [0.25, 0.3) is 0 Å². The van der Waals surface area contributed by atoms with E-state index in [9.17, 15) is 4.79 Å². The van der Waals surface area contributed by atoms with E-state index in [1.54, 1.807) is 6.20 Å². The molecule has 0 saturated heterocycles. The number of carbonyl (C=O) groups excluding carboxylic acids is 1. The van der Waals surface area contributed by atoms with Gasteiger partial charge in [-0.2, -0.15) is 5.10 Å². The standard InChI is InChI=1S/C18H21N3OS/c1-13-6-2-3-9-15(13)20-21-17(22)12-23-16-10-4-7-14-8-5-11-19-18(14)16/h4-5,7-8,10-11,13H,2-3,6,9,12H2,1H3,(H,21,22)/b20-15-/t13-/m1/s1. The topological polar surface area (TPSA) is 54.4 Å². The van der Waals surface area contributed by atoms with Crippen LogP contribution in [-0.2, 0) is 4.79 Å². The first-order valence-electron chi connectivity index (χ1n) is 8.06. The first-order chi connectivity index (χ1) is 11.2. The summed E-state index contributed by atoms with van der Waals surface area (Å²) in [6.45, 7) is 2.18. The van der Waals surface area contributed by atoms with Crippen LogP contribution >= 0.6 is 11.8 Å². The van der Waals surface area contributed by atoms with Crippen LogP contribution in [0.2, 0.25) is 0 Å².